The van der Waals surface area contributed by atoms with Crippen molar-refractivity contribution in [2.24, 2.45) is 17.8 Å². The van der Waals surface area contributed by atoms with Crippen LogP contribution in [0.3, 0.4) is 0 Å². The lowest BCUT2D eigenvalue weighted by Crippen LogP contribution is -2.25. The van der Waals surface area contributed by atoms with Gasteiger partial charge in [-0.05, 0) is 67.5 Å². The summed E-state index contributed by atoms with van der Waals surface area (Å²) in [6, 6.07) is 9.87. The predicted octanol–water partition coefficient (Wildman–Crippen LogP) is 4.73. The van der Waals surface area contributed by atoms with Crippen LogP contribution in [0.15, 0.2) is 24.3 Å². The molecular formula is C19H29N. The molecule has 2 saturated carbocycles. The lowest BCUT2D eigenvalue weighted by molar-refractivity contribution is 0.280. The van der Waals surface area contributed by atoms with E-state index >= 15 is 0 Å². The van der Waals surface area contributed by atoms with Crippen LogP contribution >= 0.6 is 0 Å². The van der Waals surface area contributed by atoms with Gasteiger partial charge in [-0.2, -0.15) is 0 Å². The number of benzene rings is 1. The quantitative estimate of drug-likeness (QED) is 0.789. The Labute approximate surface area is 124 Å². The van der Waals surface area contributed by atoms with Crippen molar-refractivity contribution in [3.63, 3.8) is 0 Å². The monoisotopic (exact) mass is 271 g/mol. The van der Waals surface area contributed by atoms with Gasteiger partial charge in [-0.1, -0.05) is 44.5 Å². The Hall–Kier alpha value is -0.820. The van der Waals surface area contributed by atoms with Crippen LogP contribution in [-0.4, -0.2) is 6.54 Å². The summed E-state index contributed by atoms with van der Waals surface area (Å²) in [5.74, 6) is 3.08. The first-order valence-electron chi connectivity index (χ1n) is 8.62. The number of hydrogen-bond donors (Lipinski definition) is 1. The molecule has 0 amide bonds. The standard InChI is InChI=1S/C19H29N/c1-3-14-5-8-16(9-6-14)19(20-4-2)13-18-12-15-7-10-17(18)11-15/h5-6,8-9,15,17-20H,3-4,7,10-13H2,1-2H3. The number of hydrogen-bond acceptors (Lipinski definition) is 1. The summed E-state index contributed by atoms with van der Waals surface area (Å²) in [7, 11) is 0. The smallest absolute Gasteiger partial charge is 0.0322 e. The van der Waals surface area contributed by atoms with E-state index in [2.05, 4.69) is 43.4 Å². The Morgan fingerprint density at radius 3 is 2.45 bits per heavy atom. The normalized spacial score (nSPS) is 29.8. The summed E-state index contributed by atoms with van der Waals surface area (Å²) in [6.07, 6.45) is 8.53. The van der Waals surface area contributed by atoms with Crippen molar-refractivity contribution in [3.8, 4) is 0 Å². The Bertz CT molecular complexity index is 422. The van der Waals surface area contributed by atoms with Crippen LogP contribution in [0, 0.1) is 17.8 Å². The second-order valence-electron chi connectivity index (χ2n) is 6.88. The second-order valence-corrected chi connectivity index (χ2v) is 6.88. The Morgan fingerprint density at radius 1 is 1.10 bits per heavy atom. The predicted molar refractivity (Wildman–Crippen MR) is 85.8 cm³/mol. The molecule has 0 heterocycles. The summed E-state index contributed by atoms with van der Waals surface area (Å²) < 4.78 is 0. The van der Waals surface area contributed by atoms with Gasteiger partial charge < -0.3 is 5.32 Å². The highest BCUT2D eigenvalue weighted by molar-refractivity contribution is 5.25. The molecule has 1 N–H and O–H groups in total. The third-order valence-electron chi connectivity index (χ3n) is 5.66. The topological polar surface area (TPSA) is 12.0 Å². The first-order chi connectivity index (χ1) is 9.80. The zero-order valence-electron chi connectivity index (χ0n) is 13.1. The molecule has 0 radical (unpaired) electrons. The molecule has 3 rings (SSSR count). The highest BCUT2D eigenvalue weighted by atomic mass is 14.9. The van der Waals surface area contributed by atoms with Gasteiger partial charge in [0.1, 0.15) is 0 Å². The molecule has 2 fully saturated rings. The van der Waals surface area contributed by atoms with Gasteiger partial charge in [-0.15, -0.1) is 0 Å². The van der Waals surface area contributed by atoms with Crippen molar-refractivity contribution >= 4 is 0 Å². The lowest BCUT2D eigenvalue weighted by Gasteiger charge is -2.27. The van der Waals surface area contributed by atoms with Gasteiger partial charge in [0.15, 0.2) is 0 Å². The van der Waals surface area contributed by atoms with Crippen LogP contribution in [0.25, 0.3) is 0 Å². The van der Waals surface area contributed by atoms with E-state index in [4.69, 9.17) is 0 Å². The van der Waals surface area contributed by atoms with Crippen molar-refractivity contribution < 1.29 is 0 Å². The maximum atomic E-state index is 3.72. The number of rotatable bonds is 6. The molecule has 2 aliphatic rings. The fraction of sp³-hybridized carbons (Fsp3) is 0.684. The molecule has 0 aliphatic heterocycles. The van der Waals surface area contributed by atoms with Gasteiger partial charge >= 0.3 is 0 Å². The zero-order chi connectivity index (χ0) is 13.9. The van der Waals surface area contributed by atoms with Gasteiger partial charge in [0.2, 0.25) is 0 Å². The van der Waals surface area contributed by atoms with Gasteiger partial charge in [-0.25, -0.2) is 0 Å². The number of aryl methyl sites for hydroxylation is 1. The summed E-state index contributed by atoms with van der Waals surface area (Å²) in [6.45, 7) is 5.53. The molecule has 1 aromatic rings. The Morgan fingerprint density at radius 2 is 1.90 bits per heavy atom. The van der Waals surface area contributed by atoms with E-state index in [-0.39, 0.29) is 0 Å². The Balaban J connectivity index is 1.68. The van der Waals surface area contributed by atoms with Gasteiger partial charge in [0, 0.05) is 6.04 Å². The number of nitrogens with one attached hydrogen (secondary N) is 1. The maximum Gasteiger partial charge on any atom is 0.0322 e. The van der Waals surface area contributed by atoms with Crippen LogP contribution in [0.2, 0.25) is 0 Å². The largest absolute Gasteiger partial charge is 0.310 e. The molecule has 0 aromatic heterocycles. The molecule has 1 nitrogen and oxygen atoms in total. The van der Waals surface area contributed by atoms with Crippen LogP contribution in [0.4, 0.5) is 0 Å². The SMILES string of the molecule is CCNC(CC1CC2CCC1C2)c1ccc(CC)cc1. The van der Waals surface area contributed by atoms with Crippen LogP contribution in [0.5, 0.6) is 0 Å². The molecule has 110 valence electrons. The molecule has 1 aromatic carbocycles. The van der Waals surface area contributed by atoms with E-state index in [0.717, 1.165) is 30.7 Å². The average Bonchev–Trinajstić information content (AvgIpc) is 3.09. The fourth-order valence-electron chi connectivity index (χ4n) is 4.54. The molecule has 4 unspecified atom stereocenters. The second kappa shape index (κ2) is 6.30. The molecule has 0 saturated heterocycles. The van der Waals surface area contributed by atoms with Gasteiger partial charge in [0.05, 0.1) is 0 Å². The molecule has 4 atom stereocenters. The Kier molecular flexibility index (Phi) is 4.45. The minimum atomic E-state index is 0.565. The van der Waals surface area contributed by atoms with E-state index in [1.807, 2.05) is 0 Å². The third-order valence-corrected chi connectivity index (χ3v) is 5.66. The summed E-state index contributed by atoms with van der Waals surface area (Å²) in [4.78, 5) is 0. The molecule has 0 spiro atoms. The number of fused-ring (bicyclic) bond motifs is 2. The first-order valence-corrected chi connectivity index (χ1v) is 8.62. The summed E-state index contributed by atoms with van der Waals surface area (Å²) in [5.41, 5.74) is 2.94. The molecule has 2 bridgehead atoms. The van der Waals surface area contributed by atoms with E-state index in [1.165, 1.54) is 43.2 Å². The van der Waals surface area contributed by atoms with Gasteiger partial charge in [0.25, 0.3) is 0 Å². The summed E-state index contributed by atoms with van der Waals surface area (Å²) in [5, 5.41) is 3.72. The first kappa shape index (κ1) is 14.1. The van der Waals surface area contributed by atoms with Crippen molar-refractivity contribution in [1.82, 2.24) is 5.32 Å². The minimum Gasteiger partial charge on any atom is -0.310 e. The average molecular weight is 271 g/mol. The van der Waals surface area contributed by atoms with Crippen molar-refractivity contribution in [1.29, 1.82) is 0 Å². The molecule has 1 heteroatoms. The highest BCUT2D eigenvalue weighted by Gasteiger charge is 2.40. The van der Waals surface area contributed by atoms with Crippen LogP contribution in [0.1, 0.15) is 63.1 Å². The van der Waals surface area contributed by atoms with Crippen molar-refractivity contribution in [2.45, 2.75) is 58.4 Å². The summed E-state index contributed by atoms with van der Waals surface area (Å²) >= 11 is 0. The molecule has 2 aliphatic carbocycles. The third kappa shape index (κ3) is 2.93. The van der Waals surface area contributed by atoms with E-state index in [1.54, 1.807) is 0 Å². The maximum absolute atomic E-state index is 3.72. The van der Waals surface area contributed by atoms with E-state index in [9.17, 15) is 0 Å². The van der Waals surface area contributed by atoms with E-state index < -0.39 is 0 Å². The minimum absolute atomic E-state index is 0.565. The lowest BCUT2D eigenvalue weighted by atomic mass is 9.82. The molecule has 20 heavy (non-hydrogen) atoms. The molecular weight excluding hydrogens is 242 g/mol. The zero-order valence-corrected chi connectivity index (χ0v) is 13.1. The van der Waals surface area contributed by atoms with Crippen LogP contribution in [-0.2, 0) is 6.42 Å². The van der Waals surface area contributed by atoms with E-state index in [0.29, 0.717) is 6.04 Å². The fourth-order valence-corrected chi connectivity index (χ4v) is 4.54. The highest BCUT2D eigenvalue weighted by Crippen LogP contribution is 2.50. The van der Waals surface area contributed by atoms with Gasteiger partial charge in [-0.3, -0.25) is 0 Å². The van der Waals surface area contributed by atoms with Crippen molar-refractivity contribution in [3.05, 3.63) is 35.4 Å². The van der Waals surface area contributed by atoms with Crippen LogP contribution < -0.4 is 5.32 Å². The van der Waals surface area contributed by atoms with Crippen molar-refractivity contribution in [2.75, 3.05) is 6.54 Å².